The van der Waals surface area contributed by atoms with Crippen LogP contribution in [-0.2, 0) is 6.54 Å². The van der Waals surface area contributed by atoms with E-state index in [2.05, 4.69) is 41.1 Å². The van der Waals surface area contributed by atoms with Crippen LogP contribution in [0.4, 0.5) is 11.4 Å². The summed E-state index contributed by atoms with van der Waals surface area (Å²) in [5.41, 5.74) is 10.4. The Morgan fingerprint density at radius 3 is 2.65 bits per heavy atom. The van der Waals surface area contributed by atoms with E-state index in [4.69, 9.17) is 10.2 Å². The molecule has 1 aromatic heterocycles. The molecule has 0 saturated heterocycles. The van der Waals surface area contributed by atoms with Crippen LogP contribution in [0.25, 0.3) is 11.1 Å². The second kappa shape index (κ2) is 4.89. The Balaban J connectivity index is 1.83. The Labute approximate surface area is 117 Å². The van der Waals surface area contributed by atoms with Crippen molar-refractivity contribution in [2.45, 2.75) is 13.5 Å². The van der Waals surface area contributed by atoms with E-state index in [-0.39, 0.29) is 0 Å². The molecule has 0 saturated carbocycles. The molecule has 3 rings (SSSR count). The lowest BCUT2D eigenvalue weighted by Crippen LogP contribution is -2.16. The van der Waals surface area contributed by atoms with Gasteiger partial charge in [0.1, 0.15) is 5.52 Å². The van der Waals surface area contributed by atoms with E-state index in [9.17, 15) is 0 Å². The van der Waals surface area contributed by atoms with Crippen molar-refractivity contribution in [1.29, 1.82) is 0 Å². The quantitative estimate of drug-likeness (QED) is 0.739. The van der Waals surface area contributed by atoms with Gasteiger partial charge < -0.3 is 15.1 Å². The molecule has 102 valence electrons. The van der Waals surface area contributed by atoms with E-state index < -0.39 is 0 Å². The van der Waals surface area contributed by atoms with Gasteiger partial charge in [0.15, 0.2) is 5.58 Å². The second-order valence-corrected chi connectivity index (χ2v) is 5.03. The molecule has 1 heterocycles. The van der Waals surface area contributed by atoms with Gasteiger partial charge in [-0.15, -0.1) is 0 Å². The molecule has 0 unspecified atom stereocenters. The zero-order valence-electron chi connectivity index (χ0n) is 11.6. The third-order valence-electron chi connectivity index (χ3n) is 3.30. The zero-order valence-corrected chi connectivity index (χ0v) is 11.6. The number of anilines is 2. The highest BCUT2D eigenvalue weighted by Gasteiger charge is 2.09. The summed E-state index contributed by atoms with van der Waals surface area (Å²) in [6, 6.07) is 13.9. The summed E-state index contributed by atoms with van der Waals surface area (Å²) in [4.78, 5) is 6.58. The van der Waals surface area contributed by atoms with Gasteiger partial charge in [-0.1, -0.05) is 17.7 Å². The van der Waals surface area contributed by atoms with Crippen molar-refractivity contribution in [3.63, 3.8) is 0 Å². The van der Waals surface area contributed by atoms with Crippen molar-refractivity contribution in [3.05, 3.63) is 53.9 Å². The van der Waals surface area contributed by atoms with Crippen molar-refractivity contribution in [2.75, 3.05) is 17.7 Å². The minimum absolute atomic E-state index is 0.623. The van der Waals surface area contributed by atoms with Crippen molar-refractivity contribution in [3.8, 4) is 0 Å². The van der Waals surface area contributed by atoms with E-state index in [0.717, 1.165) is 16.8 Å². The molecule has 0 amide bonds. The van der Waals surface area contributed by atoms with Gasteiger partial charge in [0.2, 0.25) is 5.89 Å². The van der Waals surface area contributed by atoms with Crippen LogP contribution in [0.15, 0.2) is 46.9 Å². The van der Waals surface area contributed by atoms with Crippen molar-refractivity contribution in [1.82, 2.24) is 4.98 Å². The Morgan fingerprint density at radius 1 is 1.15 bits per heavy atom. The second-order valence-electron chi connectivity index (χ2n) is 5.03. The fraction of sp³-hybridized carbons (Fsp3) is 0.188. The molecule has 0 aliphatic heterocycles. The zero-order chi connectivity index (χ0) is 14.1. The third kappa shape index (κ3) is 2.45. The lowest BCUT2D eigenvalue weighted by molar-refractivity contribution is 0.527. The van der Waals surface area contributed by atoms with Crippen LogP contribution in [0.2, 0.25) is 0 Å². The maximum absolute atomic E-state index is 5.74. The van der Waals surface area contributed by atoms with Gasteiger partial charge in [-0.25, -0.2) is 4.98 Å². The number of fused-ring (bicyclic) bond motifs is 1. The first kappa shape index (κ1) is 12.5. The predicted molar refractivity (Wildman–Crippen MR) is 81.7 cm³/mol. The Hall–Kier alpha value is -2.49. The molecule has 2 N–H and O–H groups in total. The number of hydrogen-bond acceptors (Lipinski definition) is 4. The van der Waals surface area contributed by atoms with Crippen LogP contribution in [-0.4, -0.2) is 12.0 Å². The average molecular weight is 267 g/mol. The van der Waals surface area contributed by atoms with Gasteiger partial charge in [0.25, 0.3) is 0 Å². The Morgan fingerprint density at radius 2 is 1.90 bits per heavy atom. The first-order valence-corrected chi connectivity index (χ1v) is 6.54. The summed E-state index contributed by atoms with van der Waals surface area (Å²) in [5, 5.41) is 0. The molecule has 0 fully saturated rings. The molecule has 0 aliphatic carbocycles. The molecular formula is C16H17N3O. The SMILES string of the molecule is Cc1ccc(N(C)Cc2nc3ccc(N)cc3o2)cc1. The lowest BCUT2D eigenvalue weighted by atomic mass is 10.2. The van der Waals surface area contributed by atoms with Crippen molar-refractivity contribution in [2.24, 2.45) is 0 Å². The summed E-state index contributed by atoms with van der Waals surface area (Å²) in [6.07, 6.45) is 0. The third-order valence-corrected chi connectivity index (χ3v) is 3.30. The van der Waals surface area contributed by atoms with Crippen molar-refractivity contribution < 1.29 is 4.42 Å². The predicted octanol–water partition coefficient (Wildman–Crippen LogP) is 3.35. The van der Waals surface area contributed by atoms with Crippen LogP contribution < -0.4 is 10.6 Å². The maximum atomic E-state index is 5.74. The van der Waals surface area contributed by atoms with E-state index >= 15 is 0 Å². The number of nitrogens with two attached hydrogens (primary N) is 1. The first-order valence-electron chi connectivity index (χ1n) is 6.54. The average Bonchev–Trinajstić information content (AvgIpc) is 2.80. The molecule has 4 heteroatoms. The molecule has 0 spiro atoms. The highest BCUT2D eigenvalue weighted by molar-refractivity contribution is 5.76. The van der Waals surface area contributed by atoms with Crippen LogP contribution in [0.5, 0.6) is 0 Å². The monoisotopic (exact) mass is 267 g/mol. The topological polar surface area (TPSA) is 55.3 Å². The smallest absolute Gasteiger partial charge is 0.215 e. The summed E-state index contributed by atoms with van der Waals surface area (Å²) in [7, 11) is 2.02. The minimum Gasteiger partial charge on any atom is -0.439 e. The molecule has 4 nitrogen and oxygen atoms in total. The summed E-state index contributed by atoms with van der Waals surface area (Å²) in [6.45, 7) is 2.70. The van der Waals surface area contributed by atoms with E-state index in [1.807, 2.05) is 19.2 Å². The van der Waals surface area contributed by atoms with E-state index in [0.29, 0.717) is 18.1 Å². The number of hydrogen-bond donors (Lipinski definition) is 1. The molecule has 20 heavy (non-hydrogen) atoms. The molecule has 0 radical (unpaired) electrons. The van der Waals surface area contributed by atoms with Crippen LogP contribution in [0, 0.1) is 6.92 Å². The number of aryl methyl sites for hydroxylation is 1. The molecule has 2 aromatic carbocycles. The van der Waals surface area contributed by atoms with E-state index in [1.165, 1.54) is 5.56 Å². The van der Waals surface area contributed by atoms with Gasteiger partial charge in [-0.05, 0) is 31.2 Å². The number of benzene rings is 2. The van der Waals surface area contributed by atoms with Crippen molar-refractivity contribution >= 4 is 22.5 Å². The fourth-order valence-corrected chi connectivity index (χ4v) is 2.15. The van der Waals surface area contributed by atoms with Gasteiger partial charge in [0.05, 0.1) is 6.54 Å². The summed E-state index contributed by atoms with van der Waals surface area (Å²) >= 11 is 0. The number of oxazole rings is 1. The molecule has 0 aliphatic rings. The van der Waals surface area contributed by atoms with Crippen LogP contribution in [0.3, 0.4) is 0 Å². The molecule has 3 aromatic rings. The van der Waals surface area contributed by atoms with Gasteiger partial charge in [-0.2, -0.15) is 0 Å². The van der Waals surface area contributed by atoms with Crippen LogP contribution >= 0.6 is 0 Å². The largest absolute Gasteiger partial charge is 0.439 e. The van der Waals surface area contributed by atoms with Gasteiger partial charge in [0, 0.05) is 24.5 Å². The normalized spacial score (nSPS) is 10.9. The molecule has 0 bridgehead atoms. The lowest BCUT2D eigenvalue weighted by Gasteiger charge is -2.17. The Kier molecular flexibility index (Phi) is 3.06. The summed E-state index contributed by atoms with van der Waals surface area (Å²) < 4.78 is 5.73. The number of rotatable bonds is 3. The number of nitrogen functional groups attached to an aromatic ring is 1. The van der Waals surface area contributed by atoms with Gasteiger partial charge >= 0.3 is 0 Å². The van der Waals surface area contributed by atoms with Crippen LogP contribution in [0.1, 0.15) is 11.5 Å². The minimum atomic E-state index is 0.623. The van der Waals surface area contributed by atoms with Gasteiger partial charge in [-0.3, -0.25) is 0 Å². The summed E-state index contributed by atoms with van der Waals surface area (Å²) in [5.74, 6) is 0.689. The Bertz CT molecular complexity index is 731. The fourth-order valence-electron chi connectivity index (χ4n) is 2.15. The first-order chi connectivity index (χ1) is 9.61. The highest BCUT2D eigenvalue weighted by atomic mass is 16.3. The van der Waals surface area contributed by atoms with E-state index in [1.54, 1.807) is 6.07 Å². The molecule has 0 atom stereocenters. The number of nitrogens with zero attached hydrogens (tertiary/aromatic N) is 2. The number of aromatic nitrogens is 1. The molecular weight excluding hydrogens is 250 g/mol. The standard InChI is InChI=1S/C16H17N3O/c1-11-3-6-13(7-4-11)19(2)10-16-18-14-8-5-12(17)9-15(14)20-16/h3-9H,10,17H2,1-2H3. The highest BCUT2D eigenvalue weighted by Crippen LogP contribution is 2.21. The maximum Gasteiger partial charge on any atom is 0.215 e.